The van der Waals surface area contributed by atoms with Gasteiger partial charge in [-0.15, -0.1) is 0 Å². The van der Waals surface area contributed by atoms with Gasteiger partial charge in [-0.2, -0.15) is 0 Å². The Morgan fingerprint density at radius 2 is 1.18 bits per heavy atom. The lowest BCUT2D eigenvalue weighted by Gasteiger charge is -2.18. The molecule has 1 aromatic heterocycles. The Bertz CT molecular complexity index is 572. The average Bonchev–Trinajstić information content (AvgIpc) is 2.54. The Kier molecular flexibility index (Phi) is 6.28. The minimum absolute atomic E-state index is 0.609. The highest BCUT2D eigenvalue weighted by molar-refractivity contribution is 5.83. The Morgan fingerprint density at radius 1 is 0.773 bits per heavy atom. The van der Waals surface area contributed by atoms with Crippen LogP contribution >= 0.6 is 0 Å². The number of hydrogen-bond acceptors (Lipinski definition) is 4. The fourth-order valence-electron chi connectivity index (χ4n) is 2.65. The summed E-state index contributed by atoms with van der Waals surface area (Å²) < 4.78 is 11.6. The number of ether oxygens (including phenoxy) is 2. The molecule has 0 unspecified atom stereocenters. The van der Waals surface area contributed by atoms with Crippen LogP contribution in [0.5, 0.6) is 0 Å². The van der Waals surface area contributed by atoms with Crippen molar-refractivity contribution in [1.29, 1.82) is 0 Å². The molecule has 0 saturated carbocycles. The van der Waals surface area contributed by atoms with Crippen LogP contribution < -0.4 is 0 Å². The molecule has 0 saturated heterocycles. The molecule has 4 nitrogen and oxygen atoms in total. The van der Waals surface area contributed by atoms with E-state index in [1.807, 2.05) is 0 Å². The lowest BCUT2D eigenvalue weighted by Crippen LogP contribution is -2.08. The maximum atomic E-state index is 5.80. The fraction of sp³-hybridized carbons (Fsp3) is 0.556. The molecule has 0 N–H and O–H groups in total. The predicted octanol–water partition coefficient (Wildman–Crippen LogP) is 4.10. The van der Waals surface area contributed by atoms with Gasteiger partial charge >= 0.3 is 0 Å². The van der Waals surface area contributed by atoms with Gasteiger partial charge in [0, 0.05) is 25.6 Å². The van der Waals surface area contributed by atoms with Gasteiger partial charge in [-0.3, -0.25) is 9.97 Å². The zero-order valence-corrected chi connectivity index (χ0v) is 14.1. The Labute approximate surface area is 132 Å². The van der Waals surface area contributed by atoms with Crippen molar-refractivity contribution in [3.8, 4) is 0 Å². The maximum absolute atomic E-state index is 5.80. The number of hydrogen-bond donors (Lipinski definition) is 0. The number of nitrogens with zero attached hydrogens (tertiary/aromatic N) is 2. The second kappa shape index (κ2) is 8.20. The number of aromatic nitrogens is 2. The molecule has 1 aromatic carbocycles. The van der Waals surface area contributed by atoms with Crippen LogP contribution in [-0.2, 0) is 22.7 Å². The van der Waals surface area contributed by atoms with E-state index in [1.54, 1.807) is 12.4 Å². The normalized spacial score (nSPS) is 11.3. The minimum atomic E-state index is 0.609. The first-order valence-electron chi connectivity index (χ1n) is 8.07. The van der Waals surface area contributed by atoms with Crippen molar-refractivity contribution in [2.45, 2.75) is 53.8 Å². The van der Waals surface area contributed by atoms with Crippen molar-refractivity contribution >= 4 is 11.0 Å². The third-order valence-corrected chi connectivity index (χ3v) is 3.87. The maximum Gasteiger partial charge on any atom is 0.0922 e. The molecule has 4 heteroatoms. The summed E-state index contributed by atoms with van der Waals surface area (Å²) in [6.45, 7) is 11.2. The quantitative estimate of drug-likeness (QED) is 0.689. The minimum Gasteiger partial charge on any atom is -0.377 e. The highest BCUT2D eigenvalue weighted by Gasteiger charge is 2.16. The van der Waals surface area contributed by atoms with E-state index in [4.69, 9.17) is 9.47 Å². The van der Waals surface area contributed by atoms with Crippen LogP contribution in [0.4, 0.5) is 0 Å². The van der Waals surface area contributed by atoms with E-state index in [9.17, 15) is 0 Å². The van der Waals surface area contributed by atoms with E-state index >= 15 is 0 Å². The Hall–Kier alpha value is -1.52. The molecule has 22 heavy (non-hydrogen) atoms. The summed E-state index contributed by atoms with van der Waals surface area (Å²) in [5, 5.41) is 0. The molecule has 0 aliphatic heterocycles. The molecule has 0 fully saturated rings. The van der Waals surface area contributed by atoms with Gasteiger partial charge in [0.25, 0.3) is 0 Å². The van der Waals surface area contributed by atoms with Gasteiger partial charge in [-0.05, 0) is 48.9 Å². The lowest BCUT2D eigenvalue weighted by molar-refractivity contribution is 0.107. The molecular weight excluding hydrogens is 276 g/mol. The van der Waals surface area contributed by atoms with E-state index in [0.29, 0.717) is 13.2 Å². The van der Waals surface area contributed by atoms with E-state index < -0.39 is 0 Å². The third-order valence-electron chi connectivity index (χ3n) is 3.87. The summed E-state index contributed by atoms with van der Waals surface area (Å²) in [7, 11) is 0. The first kappa shape index (κ1) is 16.8. The summed E-state index contributed by atoms with van der Waals surface area (Å²) in [4.78, 5) is 9.02. The molecule has 1 heterocycles. The van der Waals surface area contributed by atoms with Crippen LogP contribution in [0.2, 0.25) is 0 Å². The molecule has 0 atom stereocenters. The van der Waals surface area contributed by atoms with E-state index in [2.05, 4.69) is 37.7 Å². The van der Waals surface area contributed by atoms with Crippen LogP contribution in [0, 0.1) is 13.8 Å². The molecule has 0 aliphatic rings. The molecule has 120 valence electrons. The summed E-state index contributed by atoms with van der Waals surface area (Å²) in [6.07, 6.45) is 5.54. The van der Waals surface area contributed by atoms with Crippen molar-refractivity contribution in [1.82, 2.24) is 9.97 Å². The SMILES string of the molecule is CCCOCc1c(COCCC)c(C)c2nccnc2c1C. The second-order valence-corrected chi connectivity index (χ2v) is 5.57. The lowest BCUT2D eigenvalue weighted by atomic mass is 9.95. The average molecular weight is 302 g/mol. The van der Waals surface area contributed by atoms with Gasteiger partial charge in [0.1, 0.15) is 0 Å². The van der Waals surface area contributed by atoms with Crippen molar-refractivity contribution in [2.75, 3.05) is 13.2 Å². The number of benzene rings is 1. The molecular formula is C18H26N2O2. The fourth-order valence-corrected chi connectivity index (χ4v) is 2.65. The summed E-state index contributed by atoms with van der Waals surface area (Å²) in [5.41, 5.74) is 6.65. The topological polar surface area (TPSA) is 44.2 Å². The van der Waals surface area contributed by atoms with Crippen LogP contribution in [-0.4, -0.2) is 23.2 Å². The molecule has 0 radical (unpaired) electrons. The van der Waals surface area contributed by atoms with Crippen molar-refractivity contribution in [3.63, 3.8) is 0 Å². The van der Waals surface area contributed by atoms with Crippen LogP contribution in [0.3, 0.4) is 0 Å². The van der Waals surface area contributed by atoms with Gasteiger partial charge in [-0.1, -0.05) is 13.8 Å². The molecule has 0 spiro atoms. The summed E-state index contributed by atoms with van der Waals surface area (Å²) in [6, 6.07) is 0. The molecule has 0 aliphatic carbocycles. The third kappa shape index (κ3) is 3.62. The molecule has 0 bridgehead atoms. The Morgan fingerprint density at radius 3 is 1.55 bits per heavy atom. The van der Waals surface area contributed by atoms with E-state index in [-0.39, 0.29) is 0 Å². The molecule has 2 rings (SSSR count). The van der Waals surface area contributed by atoms with Gasteiger partial charge in [0.05, 0.1) is 24.2 Å². The highest BCUT2D eigenvalue weighted by Crippen LogP contribution is 2.28. The van der Waals surface area contributed by atoms with Crippen molar-refractivity contribution in [2.24, 2.45) is 0 Å². The Balaban J connectivity index is 2.45. The summed E-state index contributed by atoms with van der Waals surface area (Å²) >= 11 is 0. The van der Waals surface area contributed by atoms with Crippen molar-refractivity contribution < 1.29 is 9.47 Å². The molecule has 0 amide bonds. The number of aryl methyl sites for hydroxylation is 2. The zero-order valence-electron chi connectivity index (χ0n) is 14.1. The van der Waals surface area contributed by atoms with Gasteiger partial charge in [-0.25, -0.2) is 0 Å². The summed E-state index contributed by atoms with van der Waals surface area (Å²) in [5.74, 6) is 0. The number of rotatable bonds is 8. The predicted molar refractivity (Wildman–Crippen MR) is 88.9 cm³/mol. The van der Waals surface area contributed by atoms with Crippen molar-refractivity contribution in [3.05, 3.63) is 34.6 Å². The number of fused-ring (bicyclic) bond motifs is 1. The monoisotopic (exact) mass is 302 g/mol. The van der Waals surface area contributed by atoms with Gasteiger partial charge < -0.3 is 9.47 Å². The van der Waals surface area contributed by atoms with E-state index in [1.165, 1.54) is 11.1 Å². The van der Waals surface area contributed by atoms with Crippen LogP contribution in [0.1, 0.15) is 48.9 Å². The largest absolute Gasteiger partial charge is 0.377 e. The smallest absolute Gasteiger partial charge is 0.0922 e. The molecule has 2 aromatic rings. The van der Waals surface area contributed by atoms with E-state index in [0.717, 1.165) is 48.2 Å². The first-order chi connectivity index (χ1) is 10.7. The van der Waals surface area contributed by atoms with Gasteiger partial charge in [0.15, 0.2) is 0 Å². The zero-order chi connectivity index (χ0) is 15.9. The van der Waals surface area contributed by atoms with Crippen LogP contribution in [0.25, 0.3) is 11.0 Å². The van der Waals surface area contributed by atoms with Gasteiger partial charge in [0.2, 0.25) is 0 Å². The highest BCUT2D eigenvalue weighted by atomic mass is 16.5. The first-order valence-corrected chi connectivity index (χ1v) is 8.07. The second-order valence-electron chi connectivity index (χ2n) is 5.57. The standard InChI is InChI=1S/C18H26N2O2/c1-5-9-21-11-15-13(3)17-18(20-8-7-19-17)14(4)16(15)12-22-10-6-2/h7-8H,5-6,9-12H2,1-4H3. The van der Waals surface area contributed by atoms with Crippen LogP contribution in [0.15, 0.2) is 12.4 Å².